The highest BCUT2D eigenvalue weighted by Crippen LogP contribution is 2.61. The van der Waals surface area contributed by atoms with Gasteiger partial charge in [0.1, 0.15) is 5.69 Å². The predicted molar refractivity (Wildman–Crippen MR) is 52.3 cm³/mol. The van der Waals surface area contributed by atoms with E-state index in [4.69, 9.17) is 5.11 Å². The van der Waals surface area contributed by atoms with Gasteiger partial charge in [-0.25, -0.2) is 0 Å². The average molecular weight is 218 g/mol. The van der Waals surface area contributed by atoms with Crippen LogP contribution >= 0.6 is 0 Å². The highest BCUT2D eigenvalue weighted by atomic mass is 16.3. The summed E-state index contributed by atoms with van der Waals surface area (Å²) >= 11 is 0. The number of rotatable bonds is 2. The van der Waals surface area contributed by atoms with Crippen LogP contribution in [0.2, 0.25) is 0 Å². The summed E-state index contributed by atoms with van der Waals surface area (Å²) in [6, 6.07) is 0. The minimum absolute atomic E-state index is 0.263. The zero-order valence-corrected chi connectivity index (χ0v) is 8.38. The highest BCUT2D eigenvalue weighted by Gasteiger charge is 2.57. The van der Waals surface area contributed by atoms with Crippen molar-refractivity contribution in [3.8, 4) is 11.5 Å². The van der Waals surface area contributed by atoms with Crippen LogP contribution in [0.5, 0.6) is 0 Å². The summed E-state index contributed by atoms with van der Waals surface area (Å²) in [7, 11) is 0. The molecule has 1 fully saturated rings. The van der Waals surface area contributed by atoms with Gasteiger partial charge in [-0.15, -0.1) is 10.2 Å². The average Bonchev–Trinajstić information content (AvgIpc) is 2.73. The Kier molecular flexibility index (Phi) is 1.40. The van der Waals surface area contributed by atoms with Gasteiger partial charge < -0.3 is 5.11 Å². The summed E-state index contributed by atoms with van der Waals surface area (Å²) in [6.07, 6.45) is 0.964. The number of fused-ring (bicyclic) bond motifs is 3. The van der Waals surface area contributed by atoms with E-state index < -0.39 is 0 Å². The first-order valence-corrected chi connectivity index (χ1v) is 5.32. The molecule has 2 aromatic rings. The summed E-state index contributed by atoms with van der Waals surface area (Å²) in [5, 5.41) is 30.3. The van der Waals surface area contributed by atoms with E-state index in [9.17, 15) is 0 Å². The zero-order valence-electron chi connectivity index (χ0n) is 8.38. The number of aliphatic hydroxyl groups excluding tert-OH is 1. The van der Waals surface area contributed by atoms with Crippen LogP contribution in [0, 0.1) is 11.8 Å². The normalized spacial score (nSPS) is 30.2. The molecule has 0 radical (unpaired) electrons. The number of nitrogens with one attached hydrogen (secondary N) is 2. The van der Waals surface area contributed by atoms with Gasteiger partial charge >= 0.3 is 0 Å². The van der Waals surface area contributed by atoms with E-state index in [1.165, 1.54) is 5.56 Å². The van der Waals surface area contributed by atoms with E-state index in [0.717, 1.165) is 17.8 Å². The van der Waals surface area contributed by atoms with Crippen LogP contribution in [0.15, 0.2) is 0 Å². The number of tetrazole rings is 1. The van der Waals surface area contributed by atoms with Crippen molar-refractivity contribution in [3.05, 3.63) is 11.3 Å². The van der Waals surface area contributed by atoms with E-state index in [0.29, 0.717) is 23.6 Å². The lowest BCUT2D eigenvalue weighted by molar-refractivity contribution is 0.265. The fraction of sp³-hybridized carbons (Fsp3) is 0.556. The van der Waals surface area contributed by atoms with Crippen molar-refractivity contribution >= 4 is 0 Å². The standard InChI is InChI=1S/C9H10N6O/c16-2-5-3-1-4-7(6(3)5)10-11-8(4)9-12-14-15-13-9/h3,5-6,16H,1-2H2,(H,10,11)(H,12,13,14,15)/t3-,5?,6-/m1/s1. The summed E-state index contributed by atoms with van der Waals surface area (Å²) < 4.78 is 0. The quantitative estimate of drug-likeness (QED) is 0.628. The summed E-state index contributed by atoms with van der Waals surface area (Å²) in [4.78, 5) is 0. The Labute approximate surface area is 90.3 Å². The van der Waals surface area contributed by atoms with Gasteiger partial charge in [-0.3, -0.25) is 5.10 Å². The molecule has 0 amide bonds. The second kappa shape index (κ2) is 2.67. The maximum Gasteiger partial charge on any atom is 0.222 e. The molecule has 0 saturated heterocycles. The molecule has 2 heterocycles. The minimum Gasteiger partial charge on any atom is -0.396 e. The lowest BCUT2D eigenvalue weighted by atomic mass is 10.1. The second-order valence-corrected chi connectivity index (χ2v) is 4.44. The third kappa shape index (κ3) is 0.867. The van der Waals surface area contributed by atoms with E-state index >= 15 is 0 Å². The topological polar surface area (TPSA) is 103 Å². The van der Waals surface area contributed by atoms with Gasteiger partial charge in [0, 0.05) is 18.1 Å². The van der Waals surface area contributed by atoms with Crippen LogP contribution in [0.3, 0.4) is 0 Å². The van der Waals surface area contributed by atoms with Crippen LogP contribution in [0.1, 0.15) is 17.2 Å². The van der Waals surface area contributed by atoms with Crippen molar-refractivity contribution in [1.29, 1.82) is 0 Å². The lowest BCUT2D eigenvalue weighted by Gasteiger charge is -1.99. The number of nitrogens with zero attached hydrogens (tertiary/aromatic N) is 4. The van der Waals surface area contributed by atoms with Gasteiger partial charge in [0.05, 0.1) is 5.69 Å². The third-order valence-electron chi connectivity index (χ3n) is 3.77. The minimum atomic E-state index is 0.263. The van der Waals surface area contributed by atoms with Crippen LogP contribution < -0.4 is 0 Å². The van der Waals surface area contributed by atoms with E-state index in [1.54, 1.807) is 0 Å². The molecule has 4 rings (SSSR count). The first-order valence-electron chi connectivity index (χ1n) is 5.32. The number of hydrogen-bond acceptors (Lipinski definition) is 5. The fourth-order valence-corrected chi connectivity index (χ4v) is 2.93. The molecular weight excluding hydrogens is 208 g/mol. The number of H-pyrrole nitrogens is 2. The Hall–Kier alpha value is -1.76. The van der Waals surface area contributed by atoms with Crippen molar-refractivity contribution in [3.63, 3.8) is 0 Å². The van der Waals surface area contributed by atoms with E-state index in [2.05, 4.69) is 30.8 Å². The number of hydrogen-bond donors (Lipinski definition) is 3. The molecular formula is C9H10N6O. The molecule has 2 aliphatic carbocycles. The van der Waals surface area contributed by atoms with Crippen molar-refractivity contribution in [2.24, 2.45) is 11.8 Å². The van der Waals surface area contributed by atoms with Gasteiger partial charge in [-0.1, -0.05) is 0 Å². The van der Waals surface area contributed by atoms with Crippen molar-refractivity contribution in [2.45, 2.75) is 12.3 Å². The molecule has 0 aliphatic heterocycles. The molecule has 7 nitrogen and oxygen atoms in total. The highest BCUT2D eigenvalue weighted by molar-refractivity contribution is 5.59. The molecule has 1 unspecified atom stereocenters. The molecule has 3 N–H and O–H groups in total. The van der Waals surface area contributed by atoms with Crippen molar-refractivity contribution < 1.29 is 5.11 Å². The predicted octanol–water partition coefficient (Wildman–Crippen LogP) is -0.532. The van der Waals surface area contributed by atoms with Crippen LogP contribution in [-0.2, 0) is 6.42 Å². The SMILES string of the molecule is OCC1[C@H]2Cc3c(n[nH]c3-c3nn[nH]n3)[C@@H]12. The number of aromatic amines is 2. The third-order valence-corrected chi connectivity index (χ3v) is 3.77. The Morgan fingerprint density at radius 3 is 3.06 bits per heavy atom. The molecule has 16 heavy (non-hydrogen) atoms. The van der Waals surface area contributed by atoms with Crippen LogP contribution in [0.25, 0.3) is 11.5 Å². The maximum absolute atomic E-state index is 9.15. The molecule has 2 aliphatic rings. The summed E-state index contributed by atoms with van der Waals surface area (Å²) in [6.45, 7) is 0.263. The maximum atomic E-state index is 9.15. The smallest absolute Gasteiger partial charge is 0.222 e. The van der Waals surface area contributed by atoms with Gasteiger partial charge in [-0.05, 0) is 23.5 Å². The van der Waals surface area contributed by atoms with Crippen LogP contribution in [-0.4, -0.2) is 42.5 Å². The number of aliphatic hydroxyl groups is 1. The second-order valence-electron chi connectivity index (χ2n) is 4.44. The molecule has 82 valence electrons. The molecule has 2 aromatic heterocycles. The lowest BCUT2D eigenvalue weighted by Crippen LogP contribution is -1.97. The molecule has 3 atom stereocenters. The fourth-order valence-electron chi connectivity index (χ4n) is 2.93. The van der Waals surface area contributed by atoms with E-state index in [-0.39, 0.29) is 6.61 Å². The molecule has 0 aromatic carbocycles. The van der Waals surface area contributed by atoms with Gasteiger partial charge in [0.25, 0.3) is 0 Å². The zero-order chi connectivity index (χ0) is 10.7. The Balaban J connectivity index is 1.77. The summed E-state index contributed by atoms with van der Waals surface area (Å²) in [5.41, 5.74) is 3.15. The van der Waals surface area contributed by atoms with Crippen molar-refractivity contribution in [2.75, 3.05) is 6.61 Å². The molecule has 7 heteroatoms. The first kappa shape index (κ1) is 8.40. The number of aromatic nitrogens is 6. The Morgan fingerprint density at radius 2 is 2.31 bits per heavy atom. The Bertz CT molecular complexity index is 532. The molecule has 0 bridgehead atoms. The van der Waals surface area contributed by atoms with Crippen LogP contribution in [0.4, 0.5) is 0 Å². The van der Waals surface area contributed by atoms with E-state index in [1.807, 2.05) is 0 Å². The summed E-state index contributed by atoms with van der Waals surface area (Å²) in [5.74, 6) is 1.99. The monoisotopic (exact) mass is 218 g/mol. The van der Waals surface area contributed by atoms with Gasteiger partial charge in [-0.2, -0.15) is 10.3 Å². The van der Waals surface area contributed by atoms with Gasteiger partial charge in [0.2, 0.25) is 5.82 Å². The van der Waals surface area contributed by atoms with Crippen molar-refractivity contribution in [1.82, 2.24) is 30.8 Å². The molecule has 1 saturated carbocycles. The van der Waals surface area contributed by atoms with Gasteiger partial charge in [0.15, 0.2) is 0 Å². The first-order chi connectivity index (χ1) is 7.90. The molecule has 0 spiro atoms. The largest absolute Gasteiger partial charge is 0.396 e. The Morgan fingerprint density at radius 1 is 1.38 bits per heavy atom.